The van der Waals surface area contributed by atoms with Crippen molar-refractivity contribution in [1.29, 1.82) is 0 Å². The molecule has 0 saturated carbocycles. The van der Waals surface area contributed by atoms with E-state index in [0.29, 0.717) is 11.8 Å². The van der Waals surface area contributed by atoms with Gasteiger partial charge in [-0.15, -0.1) is 0 Å². The average molecular weight is 404 g/mol. The van der Waals surface area contributed by atoms with Crippen molar-refractivity contribution in [2.75, 3.05) is 5.32 Å². The second-order valence-electron chi connectivity index (χ2n) is 5.56. The number of aromatic nitrogens is 1. The number of halogens is 2. The van der Waals surface area contributed by atoms with Gasteiger partial charge in [0.1, 0.15) is 17.4 Å². The Labute approximate surface area is 164 Å². The number of hydrogen-bond donors (Lipinski definition) is 3. The molecule has 1 amide bonds. The van der Waals surface area contributed by atoms with Crippen LogP contribution in [0.5, 0.6) is 5.75 Å². The number of aromatic amines is 1. The number of amides is 1. The molecule has 9 heteroatoms. The number of carbonyl (C=O) groups excluding carboxylic acids is 3. The number of benzene rings is 2. The molecule has 3 aromatic rings. The summed E-state index contributed by atoms with van der Waals surface area (Å²) in [5.74, 6) is -1.29. The lowest BCUT2D eigenvalue weighted by atomic mass is 10.1. The maximum atomic E-state index is 13.2. The third-order valence-corrected chi connectivity index (χ3v) is 3.67. The molecule has 0 aliphatic heterocycles. The minimum atomic E-state index is -0.546. The van der Waals surface area contributed by atoms with Crippen LogP contribution in [-0.2, 0) is 14.4 Å². The van der Waals surface area contributed by atoms with E-state index in [4.69, 9.17) is 9.59 Å². The highest BCUT2D eigenvalue weighted by Crippen LogP contribution is 2.25. The lowest BCUT2D eigenvalue weighted by molar-refractivity contribution is -0.191. The zero-order valence-electron chi connectivity index (χ0n) is 15.6. The van der Waals surface area contributed by atoms with Gasteiger partial charge in [0.25, 0.3) is 5.56 Å². The maximum Gasteiger partial charge on any atom is 0.373 e. The second-order valence-corrected chi connectivity index (χ2v) is 5.56. The van der Waals surface area contributed by atoms with Gasteiger partial charge in [0, 0.05) is 11.8 Å². The topological polar surface area (TPSA) is 116 Å². The SMILES string of the molecule is CCC(=O)Nc1ccccc1F.Cc1c(O)c2cccc(F)c2[nH]c1=O.O=C=O. The summed E-state index contributed by atoms with van der Waals surface area (Å²) >= 11 is 0. The Morgan fingerprint density at radius 2 is 1.69 bits per heavy atom. The zero-order valence-corrected chi connectivity index (χ0v) is 15.6. The fourth-order valence-corrected chi connectivity index (χ4v) is 2.17. The molecule has 1 aromatic heterocycles. The van der Waals surface area contributed by atoms with Crippen molar-refractivity contribution in [3.63, 3.8) is 0 Å². The summed E-state index contributed by atoms with van der Waals surface area (Å²) in [6.45, 7) is 3.20. The number of nitrogens with one attached hydrogen (secondary N) is 2. The summed E-state index contributed by atoms with van der Waals surface area (Å²) in [6.07, 6.45) is 0.605. The molecule has 29 heavy (non-hydrogen) atoms. The normalized spacial score (nSPS) is 9.38. The Balaban J connectivity index is 0.000000259. The molecule has 152 valence electrons. The van der Waals surface area contributed by atoms with Crippen LogP contribution in [0.4, 0.5) is 14.5 Å². The van der Waals surface area contributed by atoms with E-state index in [2.05, 4.69) is 10.3 Å². The highest BCUT2D eigenvalue weighted by molar-refractivity contribution is 5.90. The van der Waals surface area contributed by atoms with Crippen LogP contribution < -0.4 is 10.9 Å². The van der Waals surface area contributed by atoms with Crippen LogP contribution in [-0.4, -0.2) is 22.1 Å². The molecule has 1 heterocycles. The first-order chi connectivity index (χ1) is 13.8. The van der Waals surface area contributed by atoms with Crippen molar-refractivity contribution in [3.8, 4) is 5.75 Å². The van der Waals surface area contributed by atoms with E-state index in [1.165, 1.54) is 31.2 Å². The van der Waals surface area contributed by atoms with Gasteiger partial charge >= 0.3 is 6.15 Å². The van der Waals surface area contributed by atoms with Crippen molar-refractivity contribution in [2.45, 2.75) is 20.3 Å². The van der Waals surface area contributed by atoms with E-state index in [9.17, 15) is 23.5 Å². The number of pyridine rings is 1. The van der Waals surface area contributed by atoms with Crippen molar-refractivity contribution in [1.82, 2.24) is 4.98 Å². The zero-order chi connectivity index (χ0) is 22.0. The standard InChI is InChI=1S/C10H8FNO2.C9H10FNO.CO2/c1-5-9(13)6-3-2-4-7(11)8(6)12-10(5)14;1-2-9(12)11-8-6-4-3-5-7(8)10;2-1-3/h2-4H,1H3,(H2,12,13,14);3-6H,2H2,1H3,(H,11,12);. The first-order valence-corrected chi connectivity index (χ1v) is 8.30. The van der Waals surface area contributed by atoms with E-state index in [1.807, 2.05) is 0 Å². The number of para-hydroxylation sites is 2. The van der Waals surface area contributed by atoms with Crippen molar-refractivity contribution in [3.05, 3.63) is 70.0 Å². The van der Waals surface area contributed by atoms with Gasteiger partial charge in [-0.1, -0.05) is 25.1 Å². The molecule has 3 N–H and O–H groups in total. The van der Waals surface area contributed by atoms with Crippen LogP contribution in [0.2, 0.25) is 0 Å². The van der Waals surface area contributed by atoms with Crippen molar-refractivity contribution >= 4 is 28.6 Å². The molecule has 0 aliphatic carbocycles. The summed E-state index contributed by atoms with van der Waals surface area (Å²) < 4.78 is 26.1. The molecular weight excluding hydrogens is 386 g/mol. The van der Waals surface area contributed by atoms with Crippen LogP contribution in [0.25, 0.3) is 10.9 Å². The van der Waals surface area contributed by atoms with Gasteiger partial charge in [0.2, 0.25) is 5.91 Å². The number of fused-ring (bicyclic) bond motifs is 1. The maximum absolute atomic E-state index is 13.2. The fourth-order valence-electron chi connectivity index (χ4n) is 2.17. The summed E-state index contributed by atoms with van der Waals surface area (Å²) in [4.78, 5) is 40.7. The first-order valence-electron chi connectivity index (χ1n) is 8.30. The predicted molar refractivity (Wildman–Crippen MR) is 101 cm³/mol. The van der Waals surface area contributed by atoms with Gasteiger partial charge in [-0.05, 0) is 31.2 Å². The monoisotopic (exact) mass is 404 g/mol. The van der Waals surface area contributed by atoms with Gasteiger partial charge in [-0.2, -0.15) is 9.59 Å². The first kappa shape index (κ1) is 23.2. The van der Waals surface area contributed by atoms with E-state index >= 15 is 0 Å². The van der Waals surface area contributed by atoms with Gasteiger partial charge in [0.15, 0.2) is 0 Å². The highest BCUT2D eigenvalue weighted by Gasteiger charge is 2.09. The second kappa shape index (κ2) is 11.1. The summed E-state index contributed by atoms with van der Waals surface area (Å²) in [6, 6.07) is 10.4. The number of hydrogen-bond acceptors (Lipinski definition) is 5. The quantitative estimate of drug-likeness (QED) is 0.606. The Kier molecular flexibility index (Phi) is 8.88. The molecule has 0 radical (unpaired) electrons. The van der Waals surface area contributed by atoms with E-state index in [0.717, 1.165) is 0 Å². The molecule has 0 fully saturated rings. The molecule has 0 unspecified atom stereocenters. The van der Waals surface area contributed by atoms with Gasteiger partial charge in [-0.25, -0.2) is 8.78 Å². The number of anilines is 1. The Morgan fingerprint density at radius 3 is 2.28 bits per heavy atom. The molecule has 3 rings (SSSR count). The minimum Gasteiger partial charge on any atom is -0.507 e. The Morgan fingerprint density at radius 1 is 1.10 bits per heavy atom. The van der Waals surface area contributed by atoms with Crippen LogP contribution in [0, 0.1) is 18.6 Å². The number of aromatic hydroxyl groups is 1. The average Bonchev–Trinajstić information content (AvgIpc) is 2.70. The van der Waals surface area contributed by atoms with Crippen LogP contribution in [0.3, 0.4) is 0 Å². The molecule has 0 atom stereocenters. The van der Waals surface area contributed by atoms with Gasteiger partial charge in [-0.3, -0.25) is 9.59 Å². The van der Waals surface area contributed by atoms with Crippen LogP contribution >= 0.6 is 0 Å². The highest BCUT2D eigenvalue weighted by atomic mass is 19.1. The predicted octanol–water partition coefficient (Wildman–Crippen LogP) is 3.27. The summed E-state index contributed by atoms with van der Waals surface area (Å²) in [5.41, 5.74) is 0.00755. The lowest BCUT2D eigenvalue weighted by Crippen LogP contribution is -2.10. The molecule has 0 aliphatic rings. The largest absolute Gasteiger partial charge is 0.507 e. The van der Waals surface area contributed by atoms with E-state index < -0.39 is 17.2 Å². The smallest absolute Gasteiger partial charge is 0.373 e. The summed E-state index contributed by atoms with van der Waals surface area (Å²) in [7, 11) is 0. The Hall–Kier alpha value is -3.84. The molecular formula is C20H18F2N2O5. The molecule has 0 bridgehead atoms. The Bertz CT molecular complexity index is 1090. The van der Waals surface area contributed by atoms with Gasteiger partial charge < -0.3 is 15.4 Å². The molecule has 0 saturated heterocycles. The van der Waals surface area contributed by atoms with E-state index in [-0.39, 0.29) is 34.6 Å². The van der Waals surface area contributed by atoms with Crippen molar-refractivity contribution < 1.29 is 28.3 Å². The fraction of sp³-hybridized carbons (Fsp3) is 0.150. The minimum absolute atomic E-state index is 0.0422. The number of H-pyrrole nitrogens is 1. The number of carbonyl (C=O) groups is 1. The van der Waals surface area contributed by atoms with E-state index in [1.54, 1.807) is 25.1 Å². The number of rotatable bonds is 2. The third-order valence-electron chi connectivity index (χ3n) is 3.67. The van der Waals surface area contributed by atoms with Crippen molar-refractivity contribution in [2.24, 2.45) is 0 Å². The molecule has 7 nitrogen and oxygen atoms in total. The van der Waals surface area contributed by atoms with Crippen LogP contribution in [0.15, 0.2) is 47.3 Å². The van der Waals surface area contributed by atoms with Gasteiger partial charge in [0.05, 0.1) is 16.8 Å². The molecule has 2 aromatic carbocycles. The van der Waals surface area contributed by atoms with Crippen LogP contribution in [0.1, 0.15) is 18.9 Å². The lowest BCUT2D eigenvalue weighted by Gasteiger charge is -2.03. The third kappa shape index (κ3) is 6.37. The summed E-state index contributed by atoms with van der Waals surface area (Å²) in [5, 5.41) is 12.3. The molecule has 0 spiro atoms.